The van der Waals surface area contributed by atoms with Gasteiger partial charge in [0.1, 0.15) is 0 Å². The van der Waals surface area contributed by atoms with E-state index in [2.05, 4.69) is 6.58 Å². The van der Waals surface area contributed by atoms with Crippen LogP contribution in [0.1, 0.15) is 12.0 Å². The van der Waals surface area contributed by atoms with Crippen molar-refractivity contribution in [2.75, 3.05) is 7.05 Å². The van der Waals surface area contributed by atoms with Crippen molar-refractivity contribution in [3.05, 3.63) is 45.3 Å². The zero-order valence-corrected chi connectivity index (χ0v) is 12.0. The third kappa shape index (κ3) is 3.24. The van der Waals surface area contributed by atoms with Gasteiger partial charge in [-0.25, -0.2) is 4.79 Å². The number of rotatable bonds is 5. The Labute approximate surface area is 116 Å². The van der Waals surface area contributed by atoms with Gasteiger partial charge in [0.15, 0.2) is 0 Å². The molecule has 20 heavy (non-hydrogen) atoms. The Morgan fingerprint density at radius 1 is 1.50 bits per heavy atom. The highest BCUT2D eigenvalue weighted by Gasteiger charge is 2.18. The molecule has 0 saturated heterocycles. The summed E-state index contributed by atoms with van der Waals surface area (Å²) in [7, 11) is 4.52. The van der Waals surface area contributed by atoms with Crippen molar-refractivity contribution < 1.29 is 4.79 Å². The number of amides is 1. The molecule has 1 atom stereocenters. The number of carbonyl (C=O) groups excluding carboxylic acids is 1. The average Bonchev–Trinajstić information content (AvgIpc) is 2.41. The molecule has 1 heterocycles. The van der Waals surface area contributed by atoms with Gasteiger partial charge in [-0.3, -0.25) is 14.2 Å². The minimum Gasteiger partial charge on any atom is -0.340 e. The summed E-state index contributed by atoms with van der Waals surface area (Å²) in [6.45, 7) is 3.63. The van der Waals surface area contributed by atoms with Crippen LogP contribution in [0.25, 0.3) is 0 Å². The first-order chi connectivity index (χ1) is 9.29. The van der Waals surface area contributed by atoms with Crippen molar-refractivity contribution in [3.8, 4) is 0 Å². The molecule has 7 nitrogen and oxygen atoms in total. The first kappa shape index (κ1) is 15.9. The molecule has 1 rings (SSSR count). The van der Waals surface area contributed by atoms with E-state index in [4.69, 9.17) is 5.73 Å². The summed E-state index contributed by atoms with van der Waals surface area (Å²) < 4.78 is 2.32. The molecule has 1 amide bonds. The predicted octanol–water partition coefficient (Wildman–Crippen LogP) is -1.05. The van der Waals surface area contributed by atoms with E-state index in [0.29, 0.717) is 12.0 Å². The first-order valence-corrected chi connectivity index (χ1v) is 6.16. The second kappa shape index (κ2) is 6.33. The fourth-order valence-corrected chi connectivity index (χ4v) is 1.89. The molecule has 0 bridgehead atoms. The van der Waals surface area contributed by atoms with Crippen molar-refractivity contribution in [1.82, 2.24) is 14.0 Å². The van der Waals surface area contributed by atoms with Gasteiger partial charge in [-0.1, -0.05) is 6.08 Å². The van der Waals surface area contributed by atoms with Crippen molar-refractivity contribution in [1.29, 1.82) is 0 Å². The van der Waals surface area contributed by atoms with Gasteiger partial charge < -0.3 is 15.2 Å². The number of nitrogens with two attached hydrogens (primary N) is 1. The van der Waals surface area contributed by atoms with Crippen LogP contribution in [0.3, 0.4) is 0 Å². The Hall–Kier alpha value is -2.15. The van der Waals surface area contributed by atoms with E-state index in [1.807, 2.05) is 0 Å². The molecule has 2 N–H and O–H groups in total. The number of aryl methyl sites for hydroxylation is 1. The molecule has 0 aliphatic heterocycles. The minimum atomic E-state index is -0.672. The topological polar surface area (TPSA) is 90.3 Å². The van der Waals surface area contributed by atoms with E-state index in [1.54, 1.807) is 20.2 Å². The molecule has 0 aliphatic carbocycles. The number of hydrogen-bond donors (Lipinski definition) is 1. The third-order valence-electron chi connectivity index (χ3n) is 3.04. The molecule has 110 valence electrons. The molecule has 0 aliphatic rings. The molecule has 1 aromatic rings. The standard InChI is InChI=1S/C13H20N4O3/c1-5-6-10(14)12(19)15(2)7-9-8-16(3)13(20)17(4)11(9)18/h5,8,10H,1,6-7,14H2,2-4H3. The second-order valence-electron chi connectivity index (χ2n) is 4.74. The predicted molar refractivity (Wildman–Crippen MR) is 76.2 cm³/mol. The van der Waals surface area contributed by atoms with E-state index >= 15 is 0 Å². The molecule has 0 saturated carbocycles. The van der Waals surface area contributed by atoms with Crippen LogP contribution in [0, 0.1) is 0 Å². The smallest absolute Gasteiger partial charge is 0.330 e. The maximum Gasteiger partial charge on any atom is 0.330 e. The lowest BCUT2D eigenvalue weighted by Crippen LogP contribution is -2.44. The highest BCUT2D eigenvalue weighted by atomic mass is 16.2. The van der Waals surface area contributed by atoms with Crippen LogP contribution in [-0.2, 0) is 25.4 Å². The largest absolute Gasteiger partial charge is 0.340 e. The SMILES string of the molecule is C=CCC(N)C(=O)N(C)Cc1cn(C)c(=O)n(C)c1=O. The van der Waals surface area contributed by atoms with E-state index in [0.717, 1.165) is 4.57 Å². The number of likely N-dealkylation sites (N-methyl/N-ethyl adjacent to an activating group) is 1. The first-order valence-electron chi connectivity index (χ1n) is 6.16. The lowest BCUT2D eigenvalue weighted by molar-refractivity contribution is -0.131. The Bertz CT molecular complexity index is 629. The van der Waals surface area contributed by atoms with Gasteiger partial charge in [0.25, 0.3) is 5.56 Å². The van der Waals surface area contributed by atoms with Crippen LogP contribution in [0.5, 0.6) is 0 Å². The Morgan fingerprint density at radius 2 is 2.10 bits per heavy atom. The highest BCUT2D eigenvalue weighted by molar-refractivity contribution is 5.81. The van der Waals surface area contributed by atoms with Crippen LogP contribution in [0.15, 0.2) is 28.4 Å². The molecular weight excluding hydrogens is 260 g/mol. The van der Waals surface area contributed by atoms with Gasteiger partial charge >= 0.3 is 5.69 Å². The Kier molecular flexibility index (Phi) is 5.04. The molecule has 7 heteroatoms. The lowest BCUT2D eigenvalue weighted by atomic mass is 10.2. The fraction of sp³-hybridized carbons (Fsp3) is 0.462. The summed E-state index contributed by atoms with van der Waals surface area (Å²) in [5, 5.41) is 0. The van der Waals surface area contributed by atoms with Crippen LogP contribution < -0.4 is 17.0 Å². The summed E-state index contributed by atoms with van der Waals surface area (Å²) in [5.74, 6) is -0.277. The maximum absolute atomic E-state index is 12.0. The summed E-state index contributed by atoms with van der Waals surface area (Å²) >= 11 is 0. The molecular formula is C13H20N4O3. The van der Waals surface area contributed by atoms with Crippen molar-refractivity contribution in [2.45, 2.75) is 19.0 Å². The molecule has 0 spiro atoms. The molecule has 0 fully saturated rings. The Morgan fingerprint density at radius 3 is 2.65 bits per heavy atom. The molecule has 1 aromatic heterocycles. The van der Waals surface area contributed by atoms with Gasteiger partial charge in [-0.05, 0) is 6.42 Å². The fourth-order valence-electron chi connectivity index (χ4n) is 1.89. The summed E-state index contributed by atoms with van der Waals surface area (Å²) in [4.78, 5) is 36.9. The van der Waals surface area contributed by atoms with Crippen LogP contribution >= 0.6 is 0 Å². The summed E-state index contributed by atoms with van der Waals surface area (Å²) in [6, 6.07) is -0.672. The quantitative estimate of drug-likeness (QED) is 0.697. The minimum absolute atomic E-state index is 0.102. The third-order valence-corrected chi connectivity index (χ3v) is 3.04. The summed E-state index contributed by atoms with van der Waals surface area (Å²) in [5.41, 5.74) is 5.24. The number of nitrogens with zero attached hydrogens (tertiary/aromatic N) is 3. The van der Waals surface area contributed by atoms with E-state index in [9.17, 15) is 14.4 Å². The number of carbonyl (C=O) groups is 1. The zero-order valence-electron chi connectivity index (χ0n) is 12.0. The molecule has 0 radical (unpaired) electrons. The van der Waals surface area contributed by atoms with Crippen molar-refractivity contribution in [3.63, 3.8) is 0 Å². The lowest BCUT2D eigenvalue weighted by Gasteiger charge is -2.20. The van der Waals surface area contributed by atoms with Crippen molar-refractivity contribution in [2.24, 2.45) is 19.8 Å². The summed E-state index contributed by atoms with van der Waals surface area (Å²) in [6.07, 6.45) is 3.38. The van der Waals surface area contributed by atoms with Crippen LogP contribution in [-0.4, -0.2) is 33.0 Å². The highest BCUT2D eigenvalue weighted by Crippen LogP contribution is 2.00. The zero-order chi connectivity index (χ0) is 15.4. The second-order valence-corrected chi connectivity index (χ2v) is 4.74. The monoisotopic (exact) mass is 280 g/mol. The Balaban J connectivity index is 3.00. The van der Waals surface area contributed by atoms with Gasteiger partial charge in [0.2, 0.25) is 5.91 Å². The van der Waals surface area contributed by atoms with Gasteiger partial charge in [0.05, 0.1) is 18.2 Å². The van der Waals surface area contributed by atoms with E-state index < -0.39 is 17.3 Å². The molecule has 1 unspecified atom stereocenters. The van der Waals surface area contributed by atoms with Crippen LogP contribution in [0.2, 0.25) is 0 Å². The van der Waals surface area contributed by atoms with Crippen LogP contribution in [0.4, 0.5) is 0 Å². The number of aromatic nitrogens is 2. The van der Waals surface area contributed by atoms with E-state index in [-0.39, 0.29) is 12.5 Å². The maximum atomic E-state index is 12.0. The van der Waals surface area contributed by atoms with E-state index in [1.165, 1.54) is 22.7 Å². The van der Waals surface area contributed by atoms with Gasteiger partial charge in [0, 0.05) is 27.3 Å². The van der Waals surface area contributed by atoms with Gasteiger partial charge in [-0.15, -0.1) is 6.58 Å². The average molecular weight is 280 g/mol. The van der Waals surface area contributed by atoms with Gasteiger partial charge in [-0.2, -0.15) is 0 Å². The molecule has 0 aromatic carbocycles. The van der Waals surface area contributed by atoms with Crippen molar-refractivity contribution >= 4 is 5.91 Å². The number of hydrogen-bond acceptors (Lipinski definition) is 4. The normalized spacial score (nSPS) is 12.0.